The van der Waals surface area contributed by atoms with Crippen LogP contribution in [-0.4, -0.2) is 72.1 Å². The third-order valence-corrected chi connectivity index (χ3v) is 5.65. The van der Waals surface area contributed by atoms with Crippen molar-refractivity contribution in [1.29, 1.82) is 0 Å². The van der Waals surface area contributed by atoms with E-state index >= 15 is 0 Å². The molecule has 0 radical (unpaired) electrons. The van der Waals surface area contributed by atoms with Crippen molar-refractivity contribution in [3.05, 3.63) is 12.0 Å². The Balaban J connectivity index is 1.61. The Morgan fingerprint density at radius 2 is 2.15 bits per heavy atom. The molecule has 1 aromatic heterocycles. The third-order valence-electron chi connectivity index (χ3n) is 5.65. The molecule has 2 saturated heterocycles. The first kappa shape index (κ1) is 17.0. The molecule has 0 aromatic carbocycles. The van der Waals surface area contributed by atoms with E-state index < -0.39 is 23.1 Å². The first-order chi connectivity index (χ1) is 12.3. The van der Waals surface area contributed by atoms with E-state index in [2.05, 4.69) is 9.97 Å². The molecule has 1 amide bonds. The fourth-order valence-corrected chi connectivity index (χ4v) is 4.04. The van der Waals surface area contributed by atoms with Gasteiger partial charge < -0.3 is 19.8 Å². The monoisotopic (exact) mass is 363 g/mol. The second-order valence-corrected chi connectivity index (χ2v) is 7.79. The quantitative estimate of drug-likeness (QED) is 0.812. The van der Waals surface area contributed by atoms with E-state index in [1.165, 1.54) is 4.90 Å². The van der Waals surface area contributed by atoms with E-state index in [4.69, 9.17) is 0 Å². The first-order valence-electron chi connectivity index (χ1n) is 8.79. The molecule has 0 spiro atoms. The highest BCUT2D eigenvalue weighted by Gasteiger charge is 2.62. The maximum atomic E-state index is 13.8. The summed E-state index contributed by atoms with van der Waals surface area (Å²) in [4.78, 5) is 38.1. The number of aromatic nitrogens is 2. The molecule has 1 aliphatic carbocycles. The minimum atomic E-state index is -1.15. The molecule has 140 valence electrons. The topological polar surface area (TPSA) is 89.9 Å². The number of carbonyl (C=O) groups is 2. The Kier molecular flexibility index (Phi) is 3.78. The zero-order valence-electron chi connectivity index (χ0n) is 14.9. The Bertz CT molecular complexity index is 769. The van der Waals surface area contributed by atoms with Crippen LogP contribution in [0, 0.1) is 23.1 Å². The highest BCUT2D eigenvalue weighted by atomic mass is 19.1. The molecule has 3 fully saturated rings. The molecule has 1 saturated carbocycles. The van der Waals surface area contributed by atoms with Gasteiger partial charge in [0, 0.05) is 40.3 Å². The number of amides is 1. The lowest BCUT2D eigenvalue weighted by Crippen LogP contribution is -2.41. The summed E-state index contributed by atoms with van der Waals surface area (Å²) < 4.78 is 13.8. The standard InChI is InChI=1S/C17H22FN5O3/c1-21(2)13-12(18)5-19-16(20-13)23-7-11-14(24)22(6-10-3-4-10)8-17(11,9-23)15(25)26/h5,10-11H,3-4,6-9H2,1-2H3,(H,25,26)/t11-,17+/m0/s1. The van der Waals surface area contributed by atoms with Gasteiger partial charge in [-0.1, -0.05) is 0 Å². The normalized spacial score (nSPS) is 27.8. The molecule has 26 heavy (non-hydrogen) atoms. The number of hydrogen-bond donors (Lipinski definition) is 1. The van der Waals surface area contributed by atoms with Gasteiger partial charge in [0.2, 0.25) is 11.9 Å². The summed E-state index contributed by atoms with van der Waals surface area (Å²) in [5, 5.41) is 9.90. The van der Waals surface area contributed by atoms with Crippen molar-refractivity contribution >= 4 is 23.6 Å². The first-order valence-corrected chi connectivity index (χ1v) is 8.79. The van der Waals surface area contributed by atoms with Crippen LogP contribution >= 0.6 is 0 Å². The van der Waals surface area contributed by atoms with Crippen molar-refractivity contribution in [2.24, 2.45) is 17.3 Å². The molecule has 8 nitrogen and oxygen atoms in total. The number of nitrogens with zero attached hydrogens (tertiary/aromatic N) is 5. The van der Waals surface area contributed by atoms with E-state index in [-0.39, 0.29) is 37.3 Å². The van der Waals surface area contributed by atoms with Crippen molar-refractivity contribution in [1.82, 2.24) is 14.9 Å². The van der Waals surface area contributed by atoms with E-state index in [1.807, 2.05) is 0 Å². The van der Waals surface area contributed by atoms with Gasteiger partial charge in [0.15, 0.2) is 11.6 Å². The van der Waals surface area contributed by atoms with E-state index in [1.54, 1.807) is 23.9 Å². The van der Waals surface area contributed by atoms with Gasteiger partial charge in [-0.2, -0.15) is 4.98 Å². The number of carbonyl (C=O) groups excluding carboxylic acids is 1. The highest BCUT2D eigenvalue weighted by Crippen LogP contribution is 2.46. The van der Waals surface area contributed by atoms with Crippen LogP contribution in [0.5, 0.6) is 0 Å². The van der Waals surface area contributed by atoms with Gasteiger partial charge in [-0.15, -0.1) is 0 Å². The number of halogens is 1. The fraction of sp³-hybridized carbons (Fsp3) is 0.647. The van der Waals surface area contributed by atoms with Crippen molar-refractivity contribution in [2.45, 2.75) is 12.8 Å². The highest BCUT2D eigenvalue weighted by molar-refractivity contribution is 5.93. The average molecular weight is 363 g/mol. The molecule has 2 atom stereocenters. The maximum absolute atomic E-state index is 13.8. The Hall–Kier alpha value is -2.45. The van der Waals surface area contributed by atoms with Gasteiger partial charge in [0.05, 0.1) is 12.1 Å². The van der Waals surface area contributed by atoms with Gasteiger partial charge in [0.1, 0.15) is 5.41 Å². The Morgan fingerprint density at radius 3 is 2.73 bits per heavy atom. The molecular formula is C17H22FN5O3. The van der Waals surface area contributed by atoms with E-state index in [9.17, 15) is 19.1 Å². The smallest absolute Gasteiger partial charge is 0.314 e. The zero-order chi connectivity index (χ0) is 18.6. The molecule has 2 aliphatic heterocycles. The maximum Gasteiger partial charge on any atom is 0.314 e. The van der Waals surface area contributed by atoms with Crippen LogP contribution in [0.2, 0.25) is 0 Å². The van der Waals surface area contributed by atoms with Crippen molar-refractivity contribution in [2.75, 3.05) is 50.1 Å². The second kappa shape index (κ2) is 5.78. The molecule has 3 aliphatic rings. The molecule has 0 bridgehead atoms. The van der Waals surface area contributed by atoms with Crippen LogP contribution in [-0.2, 0) is 9.59 Å². The number of anilines is 2. The van der Waals surface area contributed by atoms with Gasteiger partial charge in [-0.25, -0.2) is 9.37 Å². The van der Waals surface area contributed by atoms with Crippen LogP contribution < -0.4 is 9.80 Å². The largest absolute Gasteiger partial charge is 0.481 e. The third kappa shape index (κ3) is 2.57. The Labute approximate surface area is 150 Å². The number of hydrogen-bond acceptors (Lipinski definition) is 6. The van der Waals surface area contributed by atoms with E-state index in [0.29, 0.717) is 12.5 Å². The lowest BCUT2D eigenvalue weighted by Gasteiger charge is -2.25. The fourth-order valence-electron chi connectivity index (χ4n) is 4.04. The number of likely N-dealkylation sites (tertiary alicyclic amines) is 1. The molecule has 0 unspecified atom stereocenters. The lowest BCUT2D eigenvalue weighted by atomic mass is 9.81. The predicted molar refractivity (Wildman–Crippen MR) is 91.4 cm³/mol. The SMILES string of the molecule is CN(C)c1nc(N2C[C@H]3C(=O)N(CC4CC4)C[C@@]3(C(=O)O)C2)ncc1F. The molecule has 1 N–H and O–H groups in total. The molecule has 1 aromatic rings. The van der Waals surface area contributed by atoms with Crippen LogP contribution in [0.25, 0.3) is 0 Å². The van der Waals surface area contributed by atoms with Gasteiger partial charge in [-0.05, 0) is 18.8 Å². The zero-order valence-corrected chi connectivity index (χ0v) is 14.9. The summed E-state index contributed by atoms with van der Waals surface area (Å²) in [6.07, 6.45) is 3.30. The Morgan fingerprint density at radius 1 is 1.42 bits per heavy atom. The minimum Gasteiger partial charge on any atom is -0.481 e. The summed E-state index contributed by atoms with van der Waals surface area (Å²) in [7, 11) is 3.35. The summed E-state index contributed by atoms with van der Waals surface area (Å²) in [6.45, 7) is 1.27. The summed E-state index contributed by atoms with van der Waals surface area (Å²) in [6, 6.07) is 0. The van der Waals surface area contributed by atoms with Crippen LogP contribution in [0.3, 0.4) is 0 Å². The summed E-state index contributed by atoms with van der Waals surface area (Å²) in [5.41, 5.74) is -1.15. The average Bonchev–Trinajstić information content (AvgIpc) is 3.25. The van der Waals surface area contributed by atoms with Crippen LogP contribution in [0.1, 0.15) is 12.8 Å². The van der Waals surface area contributed by atoms with Crippen molar-refractivity contribution < 1.29 is 19.1 Å². The van der Waals surface area contributed by atoms with Gasteiger partial charge >= 0.3 is 5.97 Å². The summed E-state index contributed by atoms with van der Waals surface area (Å²) >= 11 is 0. The van der Waals surface area contributed by atoms with Gasteiger partial charge in [-0.3, -0.25) is 9.59 Å². The molecular weight excluding hydrogens is 341 g/mol. The van der Waals surface area contributed by atoms with E-state index in [0.717, 1.165) is 19.0 Å². The van der Waals surface area contributed by atoms with Crippen molar-refractivity contribution in [3.63, 3.8) is 0 Å². The summed E-state index contributed by atoms with van der Waals surface area (Å²) in [5.74, 6) is -1.32. The molecule has 3 heterocycles. The van der Waals surface area contributed by atoms with Gasteiger partial charge in [0.25, 0.3) is 0 Å². The van der Waals surface area contributed by atoms with Crippen LogP contribution in [0.15, 0.2) is 6.20 Å². The number of carboxylic acids is 1. The number of carboxylic acid groups (broad SMARTS) is 1. The second-order valence-electron chi connectivity index (χ2n) is 7.79. The number of fused-ring (bicyclic) bond motifs is 1. The van der Waals surface area contributed by atoms with Crippen LogP contribution in [0.4, 0.5) is 16.2 Å². The minimum absolute atomic E-state index is 0.100. The van der Waals surface area contributed by atoms with Crippen molar-refractivity contribution in [3.8, 4) is 0 Å². The molecule has 9 heteroatoms. The molecule has 4 rings (SSSR count). The number of rotatable bonds is 5. The lowest BCUT2D eigenvalue weighted by molar-refractivity contribution is -0.149. The number of aliphatic carboxylic acids is 1. The predicted octanol–water partition coefficient (Wildman–Crippen LogP) is 0.441.